The average Bonchev–Trinajstić information content (AvgIpc) is 3.10. The fraction of sp³-hybridized carbons (Fsp3) is 0.111. The van der Waals surface area contributed by atoms with E-state index >= 15 is 0 Å². The van der Waals surface area contributed by atoms with Gasteiger partial charge in [-0.2, -0.15) is 5.10 Å². The van der Waals surface area contributed by atoms with E-state index < -0.39 is 0 Å². The fourth-order valence-electron chi connectivity index (χ4n) is 2.36. The maximum Gasteiger partial charge on any atom is 0.319 e. The van der Waals surface area contributed by atoms with Crippen LogP contribution >= 0.6 is 23.2 Å². The molecule has 0 aliphatic heterocycles. The third-order valence-electron chi connectivity index (χ3n) is 3.52. The Morgan fingerprint density at radius 2 is 1.92 bits per heavy atom. The molecule has 3 rings (SSSR count). The van der Waals surface area contributed by atoms with Gasteiger partial charge in [0.05, 0.1) is 17.3 Å². The summed E-state index contributed by atoms with van der Waals surface area (Å²) in [4.78, 5) is 12.1. The number of nitrogens with zero attached hydrogens (tertiary/aromatic N) is 2. The van der Waals surface area contributed by atoms with Crippen LogP contribution in [0, 0.1) is 0 Å². The first kappa shape index (κ1) is 17.3. The summed E-state index contributed by atoms with van der Waals surface area (Å²) in [5, 5.41) is 10.6. The maximum absolute atomic E-state index is 12.1. The number of aromatic nitrogens is 2. The average molecular weight is 375 g/mol. The van der Waals surface area contributed by atoms with Crippen molar-refractivity contribution in [3.8, 4) is 0 Å². The van der Waals surface area contributed by atoms with E-state index in [1.807, 2.05) is 41.2 Å². The highest BCUT2D eigenvalue weighted by atomic mass is 35.5. The minimum Gasteiger partial charge on any atom is -0.334 e. The van der Waals surface area contributed by atoms with Crippen molar-refractivity contribution in [3.63, 3.8) is 0 Å². The molecule has 128 valence electrons. The number of carbonyl (C=O) groups is 1. The van der Waals surface area contributed by atoms with Crippen molar-refractivity contribution in [1.29, 1.82) is 0 Å². The first-order valence-corrected chi connectivity index (χ1v) is 8.41. The van der Waals surface area contributed by atoms with Gasteiger partial charge in [0.25, 0.3) is 0 Å². The van der Waals surface area contributed by atoms with Gasteiger partial charge in [-0.3, -0.25) is 4.68 Å². The molecule has 2 amide bonds. The molecule has 1 aromatic heterocycles. The molecule has 2 N–H and O–H groups in total. The number of hydrogen-bond acceptors (Lipinski definition) is 2. The minimum atomic E-state index is -0.346. The highest BCUT2D eigenvalue weighted by molar-refractivity contribution is 6.35. The van der Waals surface area contributed by atoms with Gasteiger partial charge in [-0.1, -0.05) is 47.5 Å². The van der Waals surface area contributed by atoms with Crippen LogP contribution in [0.3, 0.4) is 0 Å². The van der Waals surface area contributed by atoms with E-state index in [0.717, 1.165) is 11.1 Å². The van der Waals surface area contributed by atoms with Gasteiger partial charge in [-0.25, -0.2) is 4.79 Å². The lowest BCUT2D eigenvalue weighted by molar-refractivity contribution is 0.251. The molecule has 0 unspecified atom stereocenters. The Labute approximate surface area is 155 Å². The third kappa shape index (κ3) is 4.98. The van der Waals surface area contributed by atoms with Gasteiger partial charge in [0.1, 0.15) is 0 Å². The zero-order valence-electron chi connectivity index (χ0n) is 13.2. The summed E-state index contributed by atoms with van der Waals surface area (Å²) in [6.07, 6.45) is 3.66. The van der Waals surface area contributed by atoms with E-state index in [-0.39, 0.29) is 6.03 Å². The van der Waals surface area contributed by atoms with E-state index in [2.05, 4.69) is 15.7 Å². The first-order valence-electron chi connectivity index (χ1n) is 7.65. The van der Waals surface area contributed by atoms with E-state index in [1.54, 1.807) is 24.4 Å². The molecular formula is C18H16Cl2N4O. The van der Waals surface area contributed by atoms with Crippen molar-refractivity contribution in [1.82, 2.24) is 15.1 Å². The highest BCUT2D eigenvalue weighted by Gasteiger charge is 2.06. The predicted octanol–water partition coefficient (Wildman–Crippen LogP) is 4.56. The molecule has 0 saturated carbocycles. The van der Waals surface area contributed by atoms with Crippen molar-refractivity contribution in [3.05, 3.63) is 82.1 Å². The third-order valence-corrected chi connectivity index (χ3v) is 4.09. The second-order valence-electron chi connectivity index (χ2n) is 5.46. The predicted molar refractivity (Wildman–Crippen MR) is 100 cm³/mol. The lowest BCUT2D eigenvalue weighted by Gasteiger charge is -2.10. The normalized spacial score (nSPS) is 10.5. The topological polar surface area (TPSA) is 59.0 Å². The van der Waals surface area contributed by atoms with Crippen LogP contribution in [0.25, 0.3) is 0 Å². The number of amides is 2. The second-order valence-corrected chi connectivity index (χ2v) is 6.30. The number of urea groups is 1. The summed E-state index contributed by atoms with van der Waals surface area (Å²) in [5.74, 6) is 0. The molecule has 0 radical (unpaired) electrons. The van der Waals surface area contributed by atoms with Gasteiger partial charge in [0.15, 0.2) is 0 Å². The minimum absolute atomic E-state index is 0.346. The molecule has 5 nitrogen and oxygen atoms in total. The molecule has 0 atom stereocenters. The Bertz CT molecular complexity index is 865. The summed E-state index contributed by atoms with van der Waals surface area (Å²) in [7, 11) is 0. The van der Waals surface area contributed by atoms with E-state index in [9.17, 15) is 4.79 Å². The molecule has 0 fully saturated rings. The van der Waals surface area contributed by atoms with Crippen molar-refractivity contribution in [2.45, 2.75) is 13.1 Å². The fourth-order valence-corrected chi connectivity index (χ4v) is 2.70. The molecular weight excluding hydrogens is 359 g/mol. The Balaban J connectivity index is 1.57. The van der Waals surface area contributed by atoms with Gasteiger partial charge in [-0.05, 0) is 35.4 Å². The largest absolute Gasteiger partial charge is 0.334 e. The summed E-state index contributed by atoms with van der Waals surface area (Å²) in [6.45, 7) is 1.09. The number of carbonyl (C=O) groups excluding carboxylic acids is 1. The van der Waals surface area contributed by atoms with Crippen LogP contribution in [-0.2, 0) is 13.1 Å². The van der Waals surface area contributed by atoms with Crippen LogP contribution in [0.5, 0.6) is 0 Å². The van der Waals surface area contributed by atoms with Gasteiger partial charge < -0.3 is 10.6 Å². The van der Waals surface area contributed by atoms with Crippen LogP contribution in [0.15, 0.2) is 60.9 Å². The summed E-state index contributed by atoms with van der Waals surface area (Å²) in [5.41, 5.74) is 2.58. The van der Waals surface area contributed by atoms with E-state index in [4.69, 9.17) is 23.2 Å². The second kappa shape index (κ2) is 8.05. The molecule has 0 aliphatic carbocycles. The molecule has 2 aromatic carbocycles. The highest BCUT2D eigenvalue weighted by Crippen LogP contribution is 2.25. The molecule has 3 aromatic rings. The van der Waals surface area contributed by atoms with Crippen molar-refractivity contribution in [2.24, 2.45) is 0 Å². The van der Waals surface area contributed by atoms with Crippen LogP contribution in [-0.4, -0.2) is 15.8 Å². The summed E-state index contributed by atoms with van der Waals surface area (Å²) >= 11 is 11.9. The Kier molecular flexibility index (Phi) is 5.58. The SMILES string of the molecule is O=C(NCc1cccc(Cn2cccn2)c1)Nc1cc(Cl)ccc1Cl. The van der Waals surface area contributed by atoms with Crippen LogP contribution in [0.1, 0.15) is 11.1 Å². The van der Waals surface area contributed by atoms with Gasteiger partial charge >= 0.3 is 6.03 Å². The van der Waals surface area contributed by atoms with Gasteiger partial charge in [-0.15, -0.1) is 0 Å². The molecule has 0 spiro atoms. The quantitative estimate of drug-likeness (QED) is 0.687. The molecule has 25 heavy (non-hydrogen) atoms. The smallest absolute Gasteiger partial charge is 0.319 e. The number of halogens is 2. The van der Waals surface area contributed by atoms with Crippen molar-refractivity contribution in [2.75, 3.05) is 5.32 Å². The Hall–Kier alpha value is -2.50. The maximum atomic E-state index is 12.1. The molecule has 7 heteroatoms. The number of rotatable bonds is 5. The molecule has 0 bridgehead atoms. The first-order chi connectivity index (χ1) is 12.1. The van der Waals surface area contributed by atoms with E-state index in [0.29, 0.717) is 28.8 Å². The number of anilines is 1. The van der Waals surface area contributed by atoms with Gasteiger partial charge in [0.2, 0.25) is 0 Å². The van der Waals surface area contributed by atoms with Crippen LogP contribution in [0.2, 0.25) is 10.0 Å². The standard InChI is InChI=1S/C18H16Cl2N4O/c19-15-5-6-16(20)17(10-15)23-18(25)21-11-13-3-1-4-14(9-13)12-24-8-2-7-22-24/h1-10H,11-12H2,(H2,21,23,25). The molecule has 0 aliphatic rings. The zero-order chi connectivity index (χ0) is 17.6. The van der Waals surface area contributed by atoms with Crippen LogP contribution < -0.4 is 10.6 Å². The van der Waals surface area contributed by atoms with Crippen LogP contribution in [0.4, 0.5) is 10.5 Å². The summed E-state index contributed by atoms with van der Waals surface area (Å²) in [6, 6.07) is 14.4. The van der Waals surface area contributed by atoms with Crippen molar-refractivity contribution >= 4 is 34.9 Å². The Morgan fingerprint density at radius 3 is 2.72 bits per heavy atom. The van der Waals surface area contributed by atoms with Gasteiger partial charge in [0, 0.05) is 24.0 Å². The van der Waals surface area contributed by atoms with E-state index in [1.165, 1.54) is 0 Å². The number of benzene rings is 2. The molecule has 0 saturated heterocycles. The summed E-state index contributed by atoms with van der Waals surface area (Å²) < 4.78 is 1.85. The lowest BCUT2D eigenvalue weighted by atomic mass is 10.1. The lowest BCUT2D eigenvalue weighted by Crippen LogP contribution is -2.28. The number of hydrogen-bond donors (Lipinski definition) is 2. The molecule has 1 heterocycles. The Morgan fingerprint density at radius 1 is 1.08 bits per heavy atom. The monoisotopic (exact) mass is 374 g/mol. The number of nitrogens with one attached hydrogen (secondary N) is 2. The van der Waals surface area contributed by atoms with Crippen molar-refractivity contribution < 1.29 is 4.79 Å². The zero-order valence-corrected chi connectivity index (χ0v) is 14.8.